The van der Waals surface area contributed by atoms with Crippen LogP contribution in [0.4, 0.5) is 0 Å². The van der Waals surface area contributed by atoms with E-state index in [1.54, 1.807) is 4.90 Å². The molecule has 8 nitrogen and oxygen atoms in total. The van der Waals surface area contributed by atoms with Gasteiger partial charge in [0.25, 0.3) is 0 Å². The van der Waals surface area contributed by atoms with Gasteiger partial charge in [0.05, 0.1) is 12.6 Å². The number of hydrogen-bond donors (Lipinski definition) is 2. The monoisotopic (exact) mass is 385 g/mol. The highest BCUT2D eigenvalue weighted by atomic mass is 16.5. The number of aromatic nitrogens is 2. The molecule has 2 amide bonds. The van der Waals surface area contributed by atoms with Gasteiger partial charge in [0.15, 0.2) is 0 Å². The summed E-state index contributed by atoms with van der Waals surface area (Å²) in [6.07, 6.45) is 2.63. The first-order valence-corrected chi connectivity index (χ1v) is 9.69. The molecular formula is C20H27N5O3. The molecule has 1 aromatic heterocycles. The van der Waals surface area contributed by atoms with Crippen LogP contribution in [-0.2, 0) is 9.59 Å². The quantitative estimate of drug-likeness (QED) is 0.785. The topological polar surface area (TPSA) is 114 Å². The molecule has 2 heterocycles. The van der Waals surface area contributed by atoms with Crippen LogP contribution in [0.2, 0.25) is 0 Å². The zero-order valence-electron chi connectivity index (χ0n) is 16.3. The first-order valence-electron chi connectivity index (χ1n) is 9.69. The summed E-state index contributed by atoms with van der Waals surface area (Å²) in [4.78, 5) is 31.0. The van der Waals surface area contributed by atoms with Crippen LogP contribution in [0.5, 0.6) is 0 Å². The number of carbonyl (C=O) groups is 2. The summed E-state index contributed by atoms with van der Waals surface area (Å²) in [5.41, 5.74) is 6.69. The van der Waals surface area contributed by atoms with Crippen molar-refractivity contribution >= 4 is 11.8 Å². The molecule has 0 saturated carbocycles. The summed E-state index contributed by atoms with van der Waals surface area (Å²) in [5, 5.41) is 6.70. The van der Waals surface area contributed by atoms with Gasteiger partial charge in [0.2, 0.25) is 23.5 Å². The van der Waals surface area contributed by atoms with Crippen LogP contribution in [0.15, 0.2) is 34.9 Å². The molecule has 1 aromatic carbocycles. The minimum absolute atomic E-state index is 0.00707. The van der Waals surface area contributed by atoms with E-state index in [9.17, 15) is 9.59 Å². The number of hydrogen-bond acceptors (Lipinski definition) is 6. The average Bonchev–Trinajstić information content (AvgIpc) is 3.22. The third-order valence-corrected chi connectivity index (χ3v) is 5.02. The molecule has 0 bridgehead atoms. The highest BCUT2D eigenvalue weighted by molar-refractivity contribution is 5.87. The Balaban J connectivity index is 1.68. The molecule has 3 rings (SSSR count). The zero-order chi connectivity index (χ0) is 20.1. The Morgan fingerprint density at radius 3 is 2.75 bits per heavy atom. The van der Waals surface area contributed by atoms with Crippen LogP contribution in [0.3, 0.4) is 0 Å². The maximum absolute atomic E-state index is 12.7. The normalized spacial score (nSPS) is 18.1. The van der Waals surface area contributed by atoms with Gasteiger partial charge in [-0.3, -0.25) is 9.59 Å². The van der Waals surface area contributed by atoms with E-state index in [2.05, 4.69) is 15.5 Å². The molecule has 2 aromatic rings. The molecule has 0 aliphatic carbocycles. The zero-order valence-corrected chi connectivity index (χ0v) is 16.3. The van der Waals surface area contributed by atoms with Crippen molar-refractivity contribution < 1.29 is 14.1 Å². The number of nitrogens with two attached hydrogens (primary N) is 1. The third-order valence-electron chi connectivity index (χ3n) is 5.02. The fraction of sp³-hybridized carbons (Fsp3) is 0.500. The van der Waals surface area contributed by atoms with Crippen LogP contribution in [0.1, 0.15) is 45.0 Å². The van der Waals surface area contributed by atoms with Gasteiger partial charge < -0.3 is 20.5 Å². The molecule has 1 fully saturated rings. The van der Waals surface area contributed by atoms with Gasteiger partial charge in [-0.2, -0.15) is 4.98 Å². The summed E-state index contributed by atoms with van der Waals surface area (Å²) in [7, 11) is 0. The first kappa shape index (κ1) is 20.0. The number of benzene rings is 1. The predicted octanol–water partition coefficient (Wildman–Crippen LogP) is 1.89. The second-order valence-corrected chi connectivity index (χ2v) is 7.41. The van der Waals surface area contributed by atoms with Crippen molar-refractivity contribution in [1.82, 2.24) is 20.4 Å². The molecule has 1 aliphatic rings. The molecule has 1 unspecified atom stereocenters. The lowest BCUT2D eigenvalue weighted by Crippen LogP contribution is -2.49. The number of carbonyl (C=O) groups excluding carboxylic acids is 2. The van der Waals surface area contributed by atoms with Crippen LogP contribution >= 0.6 is 0 Å². The van der Waals surface area contributed by atoms with E-state index in [1.807, 2.05) is 44.2 Å². The van der Waals surface area contributed by atoms with Gasteiger partial charge >= 0.3 is 0 Å². The highest BCUT2D eigenvalue weighted by Crippen LogP contribution is 2.31. The number of amides is 2. The Bertz CT molecular complexity index is 805. The smallest absolute Gasteiger partial charge is 0.249 e. The van der Waals surface area contributed by atoms with Crippen molar-refractivity contribution in [1.29, 1.82) is 0 Å². The summed E-state index contributed by atoms with van der Waals surface area (Å²) in [6, 6.07) is 8.65. The van der Waals surface area contributed by atoms with Gasteiger partial charge in [0, 0.05) is 12.1 Å². The Hall–Kier alpha value is -2.74. The molecule has 2 atom stereocenters. The minimum Gasteiger partial charge on any atom is -0.346 e. The second kappa shape index (κ2) is 8.97. The Labute approximate surface area is 164 Å². The molecule has 3 N–H and O–H groups in total. The SMILES string of the molecule is CC(C)[C@H](N)C(=O)NCC(=O)N1CCCCC1c1nc(-c2ccccc2)no1. The van der Waals surface area contributed by atoms with Crippen LogP contribution in [-0.4, -0.2) is 46.0 Å². The Kier molecular flexibility index (Phi) is 6.41. The van der Waals surface area contributed by atoms with Crippen LogP contribution < -0.4 is 11.1 Å². The summed E-state index contributed by atoms with van der Waals surface area (Å²) >= 11 is 0. The average molecular weight is 385 g/mol. The predicted molar refractivity (Wildman–Crippen MR) is 104 cm³/mol. The molecule has 0 spiro atoms. The van der Waals surface area contributed by atoms with Crippen molar-refractivity contribution in [3.05, 3.63) is 36.2 Å². The summed E-state index contributed by atoms with van der Waals surface area (Å²) < 4.78 is 5.47. The third kappa shape index (κ3) is 4.56. The van der Waals surface area contributed by atoms with Crippen molar-refractivity contribution in [3.63, 3.8) is 0 Å². The lowest BCUT2D eigenvalue weighted by Gasteiger charge is -2.33. The molecule has 0 radical (unpaired) electrons. The number of likely N-dealkylation sites (tertiary alicyclic amines) is 1. The van der Waals surface area contributed by atoms with Crippen molar-refractivity contribution in [2.24, 2.45) is 11.7 Å². The van der Waals surface area contributed by atoms with E-state index < -0.39 is 6.04 Å². The van der Waals surface area contributed by atoms with E-state index in [-0.39, 0.29) is 30.3 Å². The van der Waals surface area contributed by atoms with Gasteiger partial charge in [-0.15, -0.1) is 0 Å². The number of nitrogens with zero attached hydrogens (tertiary/aromatic N) is 3. The van der Waals surface area contributed by atoms with E-state index in [0.29, 0.717) is 18.3 Å². The standard InChI is InChI=1S/C20H27N5O3/c1-13(2)17(21)19(27)22-12-16(26)25-11-7-6-10-15(25)20-23-18(24-28-20)14-8-4-3-5-9-14/h3-5,8-9,13,15,17H,6-7,10-12,21H2,1-2H3,(H,22,27)/t15?,17-/m0/s1. The van der Waals surface area contributed by atoms with Gasteiger partial charge in [-0.05, 0) is 25.2 Å². The molecule has 28 heavy (non-hydrogen) atoms. The maximum Gasteiger partial charge on any atom is 0.249 e. The fourth-order valence-corrected chi connectivity index (χ4v) is 3.25. The lowest BCUT2D eigenvalue weighted by molar-refractivity contribution is -0.137. The van der Waals surface area contributed by atoms with Gasteiger partial charge in [-0.25, -0.2) is 0 Å². The molecule has 8 heteroatoms. The van der Waals surface area contributed by atoms with E-state index in [0.717, 1.165) is 24.8 Å². The fourth-order valence-electron chi connectivity index (χ4n) is 3.25. The molecule has 1 aliphatic heterocycles. The molecule has 1 saturated heterocycles. The maximum atomic E-state index is 12.7. The van der Waals surface area contributed by atoms with Crippen LogP contribution in [0, 0.1) is 5.92 Å². The van der Waals surface area contributed by atoms with Crippen LogP contribution in [0.25, 0.3) is 11.4 Å². The Morgan fingerprint density at radius 2 is 2.04 bits per heavy atom. The van der Waals surface area contributed by atoms with Gasteiger partial charge in [0.1, 0.15) is 6.04 Å². The van der Waals surface area contributed by atoms with Crippen molar-refractivity contribution in [2.45, 2.75) is 45.2 Å². The number of piperidine rings is 1. The summed E-state index contributed by atoms with van der Waals surface area (Å²) in [5.74, 6) is 0.448. The number of rotatable bonds is 6. The van der Waals surface area contributed by atoms with Gasteiger partial charge in [-0.1, -0.05) is 49.3 Å². The second-order valence-electron chi connectivity index (χ2n) is 7.41. The van der Waals surface area contributed by atoms with Crippen molar-refractivity contribution in [2.75, 3.05) is 13.1 Å². The largest absolute Gasteiger partial charge is 0.346 e. The van der Waals surface area contributed by atoms with E-state index in [4.69, 9.17) is 10.3 Å². The minimum atomic E-state index is -0.630. The lowest BCUT2D eigenvalue weighted by atomic mass is 10.0. The van der Waals surface area contributed by atoms with Crippen molar-refractivity contribution in [3.8, 4) is 11.4 Å². The number of nitrogens with one attached hydrogen (secondary N) is 1. The first-order chi connectivity index (χ1) is 13.5. The Morgan fingerprint density at radius 1 is 1.29 bits per heavy atom. The van der Waals surface area contributed by atoms with E-state index in [1.165, 1.54) is 0 Å². The highest BCUT2D eigenvalue weighted by Gasteiger charge is 2.32. The molecule has 150 valence electrons. The van der Waals surface area contributed by atoms with E-state index >= 15 is 0 Å². The summed E-state index contributed by atoms with van der Waals surface area (Å²) in [6.45, 7) is 4.24. The molecular weight excluding hydrogens is 358 g/mol.